The van der Waals surface area contributed by atoms with Gasteiger partial charge < -0.3 is 10.2 Å². The maximum Gasteiger partial charge on any atom is 0.269 e. The number of nitro benzene ring substituents is 1. The van der Waals surface area contributed by atoms with Gasteiger partial charge in [-0.3, -0.25) is 24.6 Å². The molecule has 2 aromatic rings. The van der Waals surface area contributed by atoms with Gasteiger partial charge in [0.25, 0.3) is 11.6 Å². The van der Waals surface area contributed by atoms with Crippen molar-refractivity contribution >= 4 is 23.2 Å². The Hall–Kier alpha value is -3.26. The molecule has 1 aliphatic heterocycles. The fourth-order valence-corrected chi connectivity index (χ4v) is 5.23. The van der Waals surface area contributed by atoms with Gasteiger partial charge in [0.15, 0.2) is 0 Å². The highest BCUT2D eigenvalue weighted by Crippen LogP contribution is 2.32. The third-order valence-electron chi connectivity index (χ3n) is 7.28. The molecule has 8 heteroatoms. The van der Waals surface area contributed by atoms with E-state index in [-0.39, 0.29) is 23.5 Å². The second-order valence-corrected chi connectivity index (χ2v) is 9.89. The van der Waals surface area contributed by atoms with Crippen molar-refractivity contribution in [2.24, 2.45) is 5.92 Å². The van der Waals surface area contributed by atoms with Crippen LogP contribution in [0.15, 0.2) is 48.5 Å². The Morgan fingerprint density at radius 2 is 1.54 bits per heavy atom. The Balaban J connectivity index is 1.40. The minimum atomic E-state index is -0.472. The summed E-state index contributed by atoms with van der Waals surface area (Å²) in [5.41, 5.74) is 2.47. The van der Waals surface area contributed by atoms with Gasteiger partial charge in [-0.25, -0.2) is 0 Å². The van der Waals surface area contributed by atoms with Crippen molar-refractivity contribution in [3.05, 3.63) is 69.8 Å². The zero-order valence-electron chi connectivity index (χ0n) is 20.5. The molecule has 0 spiro atoms. The quantitative estimate of drug-likeness (QED) is 0.461. The molecule has 0 radical (unpaired) electrons. The molecule has 8 nitrogen and oxygen atoms in total. The van der Waals surface area contributed by atoms with Crippen molar-refractivity contribution < 1.29 is 14.5 Å². The monoisotopic (exact) mass is 478 g/mol. The van der Waals surface area contributed by atoms with Crippen molar-refractivity contribution in [3.63, 3.8) is 0 Å². The summed E-state index contributed by atoms with van der Waals surface area (Å²) in [4.78, 5) is 40.8. The average molecular weight is 479 g/mol. The SMILES string of the molecule is CC(C)c1ccc(NC(=O)[C@@H](C2CCCC2)N2CCN(C(=O)c3ccc([N+](=O)[O-])cc3)CC2)cc1. The van der Waals surface area contributed by atoms with E-state index in [4.69, 9.17) is 0 Å². The number of nitro groups is 1. The second-order valence-electron chi connectivity index (χ2n) is 9.89. The van der Waals surface area contributed by atoms with E-state index < -0.39 is 4.92 Å². The highest BCUT2D eigenvalue weighted by Gasteiger charge is 2.37. The van der Waals surface area contributed by atoms with E-state index in [0.29, 0.717) is 43.6 Å². The lowest BCUT2D eigenvalue weighted by molar-refractivity contribution is -0.384. The molecule has 1 saturated carbocycles. The maximum absolute atomic E-state index is 13.5. The summed E-state index contributed by atoms with van der Waals surface area (Å²) in [5.74, 6) is 0.661. The number of non-ortho nitro benzene ring substituents is 1. The molecule has 1 N–H and O–H groups in total. The van der Waals surface area contributed by atoms with Crippen LogP contribution in [-0.4, -0.2) is 58.8 Å². The first-order chi connectivity index (χ1) is 16.8. The van der Waals surface area contributed by atoms with Gasteiger partial charge in [-0.15, -0.1) is 0 Å². The predicted octanol–water partition coefficient (Wildman–Crippen LogP) is 4.67. The van der Waals surface area contributed by atoms with E-state index in [9.17, 15) is 19.7 Å². The Morgan fingerprint density at radius 3 is 2.09 bits per heavy atom. The molecule has 1 aliphatic carbocycles. The lowest BCUT2D eigenvalue weighted by Gasteiger charge is -2.40. The van der Waals surface area contributed by atoms with Crippen LogP contribution in [-0.2, 0) is 4.79 Å². The van der Waals surface area contributed by atoms with Crippen molar-refractivity contribution in [1.82, 2.24) is 9.80 Å². The van der Waals surface area contributed by atoms with E-state index >= 15 is 0 Å². The zero-order valence-corrected chi connectivity index (χ0v) is 20.5. The van der Waals surface area contributed by atoms with Gasteiger partial charge in [-0.2, -0.15) is 0 Å². The first-order valence-corrected chi connectivity index (χ1v) is 12.5. The van der Waals surface area contributed by atoms with Crippen LogP contribution < -0.4 is 5.32 Å². The van der Waals surface area contributed by atoms with E-state index in [1.54, 1.807) is 4.90 Å². The second kappa shape index (κ2) is 11.0. The molecule has 0 aromatic heterocycles. The Bertz CT molecular complexity index is 1040. The molecule has 0 unspecified atom stereocenters. The molecule has 2 aliphatic rings. The summed E-state index contributed by atoms with van der Waals surface area (Å²) in [6, 6.07) is 13.6. The summed E-state index contributed by atoms with van der Waals surface area (Å²) in [6.45, 7) is 6.59. The lowest BCUT2D eigenvalue weighted by Crippen LogP contribution is -2.56. The van der Waals surface area contributed by atoms with Crippen LogP contribution in [0.3, 0.4) is 0 Å². The standard InChI is InChI=1S/C27H34N4O4/c1-19(2)20-7-11-23(12-8-20)28-26(32)25(21-5-3-4-6-21)29-15-17-30(18-16-29)27(33)22-9-13-24(14-10-22)31(34)35/h7-14,19,21,25H,3-6,15-18H2,1-2H3,(H,28,32)/t25-/m1/s1. The highest BCUT2D eigenvalue weighted by atomic mass is 16.6. The van der Waals surface area contributed by atoms with Gasteiger partial charge in [0.2, 0.25) is 5.91 Å². The summed E-state index contributed by atoms with van der Waals surface area (Å²) in [6.07, 6.45) is 4.39. The minimum Gasteiger partial charge on any atom is -0.336 e. The van der Waals surface area contributed by atoms with E-state index in [0.717, 1.165) is 31.4 Å². The highest BCUT2D eigenvalue weighted by molar-refractivity contribution is 5.96. The third kappa shape index (κ3) is 5.88. The first-order valence-electron chi connectivity index (χ1n) is 12.5. The molecule has 4 rings (SSSR count). The first kappa shape index (κ1) is 24.9. The van der Waals surface area contributed by atoms with Gasteiger partial charge in [0.05, 0.1) is 11.0 Å². The lowest BCUT2D eigenvalue weighted by atomic mass is 9.94. The topological polar surface area (TPSA) is 95.8 Å². The summed E-state index contributed by atoms with van der Waals surface area (Å²) in [5, 5.41) is 14.0. The molecule has 2 amide bonds. The number of nitrogens with zero attached hydrogens (tertiary/aromatic N) is 3. The third-order valence-corrected chi connectivity index (χ3v) is 7.28. The summed E-state index contributed by atoms with van der Waals surface area (Å²) in [7, 11) is 0. The predicted molar refractivity (Wildman–Crippen MR) is 135 cm³/mol. The smallest absolute Gasteiger partial charge is 0.269 e. The summed E-state index contributed by atoms with van der Waals surface area (Å²) < 4.78 is 0. The van der Waals surface area contributed by atoms with Crippen molar-refractivity contribution in [3.8, 4) is 0 Å². The molecular weight excluding hydrogens is 444 g/mol. The molecule has 2 fully saturated rings. The number of benzene rings is 2. The Labute approximate surface area is 206 Å². The van der Waals surface area contributed by atoms with Crippen LogP contribution >= 0.6 is 0 Å². The van der Waals surface area contributed by atoms with Crippen LogP contribution in [0.1, 0.15) is 61.4 Å². The number of carbonyl (C=O) groups is 2. The zero-order chi connectivity index (χ0) is 24.9. The Kier molecular flexibility index (Phi) is 7.80. The molecule has 35 heavy (non-hydrogen) atoms. The van der Waals surface area contributed by atoms with Crippen LogP contribution in [0.2, 0.25) is 0 Å². The van der Waals surface area contributed by atoms with Gasteiger partial charge >= 0.3 is 0 Å². The van der Waals surface area contributed by atoms with E-state index in [1.165, 1.54) is 29.8 Å². The van der Waals surface area contributed by atoms with Crippen molar-refractivity contribution in [2.75, 3.05) is 31.5 Å². The molecule has 1 atom stereocenters. The van der Waals surface area contributed by atoms with Crippen LogP contribution in [0, 0.1) is 16.0 Å². The molecule has 2 aromatic carbocycles. The van der Waals surface area contributed by atoms with Crippen LogP contribution in [0.4, 0.5) is 11.4 Å². The van der Waals surface area contributed by atoms with E-state index in [1.807, 2.05) is 12.1 Å². The van der Waals surface area contributed by atoms with Gasteiger partial charge in [0.1, 0.15) is 0 Å². The van der Waals surface area contributed by atoms with Crippen molar-refractivity contribution in [1.29, 1.82) is 0 Å². The number of nitrogens with one attached hydrogen (secondary N) is 1. The molecular formula is C27H34N4O4. The largest absolute Gasteiger partial charge is 0.336 e. The number of piperazine rings is 1. The molecule has 186 valence electrons. The fraction of sp³-hybridized carbons (Fsp3) is 0.481. The number of anilines is 1. The number of carbonyl (C=O) groups excluding carboxylic acids is 2. The van der Waals surface area contributed by atoms with Crippen LogP contribution in [0.25, 0.3) is 0 Å². The van der Waals surface area contributed by atoms with Gasteiger partial charge in [-0.05, 0) is 54.5 Å². The molecule has 1 saturated heterocycles. The number of amides is 2. The average Bonchev–Trinajstić information content (AvgIpc) is 3.39. The van der Waals surface area contributed by atoms with Gasteiger partial charge in [-0.1, -0.05) is 38.8 Å². The summed E-state index contributed by atoms with van der Waals surface area (Å²) >= 11 is 0. The van der Waals surface area contributed by atoms with E-state index in [2.05, 4.69) is 36.2 Å². The molecule has 0 bridgehead atoms. The number of hydrogen-bond acceptors (Lipinski definition) is 5. The van der Waals surface area contributed by atoms with Gasteiger partial charge in [0, 0.05) is 49.6 Å². The maximum atomic E-state index is 13.5. The van der Waals surface area contributed by atoms with Crippen LogP contribution in [0.5, 0.6) is 0 Å². The number of rotatable bonds is 7. The number of hydrogen-bond donors (Lipinski definition) is 1. The normalized spacial score (nSPS) is 18.0. The molecule has 1 heterocycles. The fourth-order valence-electron chi connectivity index (χ4n) is 5.23. The Morgan fingerprint density at radius 1 is 0.943 bits per heavy atom. The van der Waals surface area contributed by atoms with Crippen molar-refractivity contribution in [2.45, 2.75) is 51.5 Å². The minimum absolute atomic E-state index is 0.0318.